The fraction of sp³-hybridized carbons (Fsp3) is 0.969. The van der Waals surface area contributed by atoms with Gasteiger partial charge in [0.25, 0.3) is 0 Å². The van der Waals surface area contributed by atoms with E-state index < -0.39 is 18.6 Å². The fourth-order valence-electron chi connectivity index (χ4n) is 10.8. The highest BCUT2D eigenvalue weighted by Gasteiger charge is 2.67. The van der Waals surface area contributed by atoms with Crippen molar-refractivity contribution in [2.24, 2.45) is 70.0 Å². The molecule has 4 rings (SSSR count). The zero-order valence-corrected chi connectivity index (χ0v) is 24.9. The van der Waals surface area contributed by atoms with Crippen LogP contribution in [0.2, 0.25) is 0 Å². The summed E-state index contributed by atoms with van der Waals surface area (Å²) in [5.41, 5.74) is 0.560. The van der Waals surface area contributed by atoms with Crippen LogP contribution in [0.25, 0.3) is 0 Å². The zero-order chi connectivity index (χ0) is 27.1. The maximum Gasteiger partial charge on any atom is 0.311 e. The quantitative estimate of drug-likeness (QED) is 0.232. The molecule has 0 amide bonds. The van der Waals surface area contributed by atoms with Crippen LogP contribution in [-0.2, 0) is 19.0 Å². The largest absolute Gasteiger partial charge is 0.469 e. The van der Waals surface area contributed by atoms with Crippen molar-refractivity contribution in [2.75, 3.05) is 27.7 Å². The Kier molecular flexibility index (Phi) is 9.06. The number of methoxy groups -OCH3 is 2. The summed E-state index contributed by atoms with van der Waals surface area (Å²) in [5.74, 6) is 4.28. The Balaban J connectivity index is 1.69. The van der Waals surface area contributed by atoms with Crippen LogP contribution in [0.5, 0.6) is 0 Å². The monoisotopic (exact) mass is 522 g/mol. The normalized spacial score (nSPS) is 46.9. The summed E-state index contributed by atoms with van der Waals surface area (Å²) in [6.07, 6.45) is 9.67. The number of carbonyl (C=O) groups excluding carboxylic acids is 1. The van der Waals surface area contributed by atoms with Crippen molar-refractivity contribution < 1.29 is 23.4 Å². The molecule has 13 atom stereocenters. The molecule has 0 aromatic carbocycles. The van der Waals surface area contributed by atoms with Crippen LogP contribution in [0, 0.1) is 70.0 Å². The smallest absolute Gasteiger partial charge is 0.311 e. The van der Waals surface area contributed by atoms with Gasteiger partial charge in [0.15, 0.2) is 0 Å². The van der Waals surface area contributed by atoms with Gasteiger partial charge in [0.2, 0.25) is 0 Å². The number of fused-ring (bicyclic) bond motifs is 5. The molecule has 0 N–H and O–H groups in total. The van der Waals surface area contributed by atoms with Crippen LogP contribution in [0.15, 0.2) is 0 Å². The zero-order valence-electron chi connectivity index (χ0n) is 24.9. The van der Waals surface area contributed by atoms with E-state index in [1.54, 1.807) is 7.11 Å². The molecule has 5 unspecified atom stereocenters. The standard InChI is InChI=1S/C32H55FO4/c1-9-23-26-14-19(2)12-13-31(26,5)27-16-21(4)32(6)24(20(3)15-22(17-33)30(34)36-8)10-11-25(32)28(27)29(23)37-18-35-7/h19-29H,9-18H2,1-8H3/t19-,20-,21+,22?,23-,24-,25?,26+,27?,28?,29?,31+,32-/m1/s1. The summed E-state index contributed by atoms with van der Waals surface area (Å²) in [6.45, 7) is 14.5. The van der Waals surface area contributed by atoms with Gasteiger partial charge < -0.3 is 14.2 Å². The van der Waals surface area contributed by atoms with Crippen molar-refractivity contribution >= 4 is 5.97 Å². The van der Waals surface area contributed by atoms with Gasteiger partial charge in [-0.25, -0.2) is 0 Å². The molecule has 4 fully saturated rings. The number of rotatable bonds is 9. The second kappa shape index (κ2) is 11.4. The number of ether oxygens (including phenoxy) is 3. The first-order valence-electron chi connectivity index (χ1n) is 15.3. The summed E-state index contributed by atoms with van der Waals surface area (Å²) in [5, 5.41) is 0. The predicted octanol–water partition coefficient (Wildman–Crippen LogP) is 7.55. The van der Waals surface area contributed by atoms with Gasteiger partial charge in [-0.2, -0.15) is 0 Å². The molecule has 0 heterocycles. The van der Waals surface area contributed by atoms with Crippen molar-refractivity contribution in [1.29, 1.82) is 0 Å². The topological polar surface area (TPSA) is 44.8 Å². The Morgan fingerprint density at radius 1 is 1.05 bits per heavy atom. The van der Waals surface area contributed by atoms with Gasteiger partial charge in [-0.05, 0) is 103 Å². The van der Waals surface area contributed by atoms with Crippen molar-refractivity contribution in [3.05, 3.63) is 0 Å². The van der Waals surface area contributed by atoms with Gasteiger partial charge in [0, 0.05) is 7.11 Å². The third-order valence-electron chi connectivity index (χ3n) is 12.7. The van der Waals surface area contributed by atoms with Gasteiger partial charge in [0.05, 0.1) is 19.1 Å². The first-order chi connectivity index (χ1) is 17.6. The van der Waals surface area contributed by atoms with Crippen molar-refractivity contribution in [3.8, 4) is 0 Å². The van der Waals surface area contributed by atoms with Crippen LogP contribution >= 0.6 is 0 Å². The minimum absolute atomic E-state index is 0.176. The lowest BCUT2D eigenvalue weighted by molar-refractivity contribution is -0.240. The molecular weight excluding hydrogens is 467 g/mol. The van der Waals surface area contributed by atoms with E-state index in [1.807, 2.05) is 0 Å². The molecule has 0 bridgehead atoms. The van der Waals surface area contributed by atoms with Crippen molar-refractivity contribution in [2.45, 2.75) is 99.0 Å². The molecule has 4 aliphatic rings. The molecule has 5 heteroatoms. The second-order valence-corrected chi connectivity index (χ2v) is 14.2. The van der Waals surface area contributed by atoms with Gasteiger partial charge in [-0.1, -0.05) is 54.4 Å². The minimum atomic E-state index is -0.643. The SMILES string of the molecule is CC[C@H]1C(OCOC)C2C3CC[C@H]([C@H](C)CC(CF)C(=O)OC)[C@@]3(C)[C@@H](C)CC2[C@@]2(C)CC[C@@H](C)C[C@@H]12. The van der Waals surface area contributed by atoms with Gasteiger partial charge in [0.1, 0.15) is 13.5 Å². The average molecular weight is 523 g/mol. The van der Waals surface area contributed by atoms with E-state index in [0.717, 1.165) is 11.8 Å². The summed E-state index contributed by atoms with van der Waals surface area (Å²) >= 11 is 0. The van der Waals surface area contributed by atoms with E-state index >= 15 is 0 Å². The van der Waals surface area contributed by atoms with Gasteiger partial charge in [-0.15, -0.1) is 0 Å². The van der Waals surface area contributed by atoms with Crippen molar-refractivity contribution in [1.82, 2.24) is 0 Å². The number of carbonyl (C=O) groups is 1. The maximum absolute atomic E-state index is 13.8. The van der Waals surface area contributed by atoms with Crippen molar-refractivity contribution in [3.63, 3.8) is 0 Å². The molecule has 4 nitrogen and oxygen atoms in total. The number of halogens is 1. The van der Waals surface area contributed by atoms with E-state index in [1.165, 1.54) is 52.1 Å². The predicted molar refractivity (Wildman–Crippen MR) is 145 cm³/mol. The highest BCUT2D eigenvalue weighted by atomic mass is 19.1. The maximum atomic E-state index is 13.8. The lowest BCUT2D eigenvalue weighted by Gasteiger charge is -2.67. The number of hydrogen-bond donors (Lipinski definition) is 0. The minimum Gasteiger partial charge on any atom is -0.469 e. The average Bonchev–Trinajstić information content (AvgIpc) is 3.25. The lowest BCUT2D eigenvalue weighted by Crippen LogP contribution is -2.63. The molecule has 0 radical (unpaired) electrons. The van der Waals surface area contributed by atoms with Crippen LogP contribution in [-0.4, -0.2) is 39.8 Å². The number of esters is 1. The first kappa shape index (κ1) is 29.3. The Bertz CT molecular complexity index is 789. The second-order valence-electron chi connectivity index (χ2n) is 14.2. The molecule has 4 saturated carbocycles. The Morgan fingerprint density at radius 2 is 1.78 bits per heavy atom. The van der Waals surface area contributed by atoms with E-state index in [4.69, 9.17) is 14.2 Å². The molecule has 0 aromatic rings. The van der Waals surface area contributed by atoms with E-state index in [9.17, 15) is 9.18 Å². The fourth-order valence-corrected chi connectivity index (χ4v) is 10.8. The van der Waals surface area contributed by atoms with Crippen LogP contribution < -0.4 is 0 Å². The van der Waals surface area contributed by atoms with E-state index in [-0.39, 0.29) is 17.4 Å². The third kappa shape index (κ3) is 4.81. The molecular formula is C32H55FO4. The summed E-state index contributed by atoms with van der Waals surface area (Å²) in [6, 6.07) is 0. The summed E-state index contributed by atoms with van der Waals surface area (Å²) in [7, 11) is 3.12. The highest BCUT2D eigenvalue weighted by molar-refractivity contribution is 5.72. The van der Waals surface area contributed by atoms with Crippen LogP contribution in [0.4, 0.5) is 4.39 Å². The molecule has 0 spiro atoms. The van der Waals surface area contributed by atoms with Crippen LogP contribution in [0.1, 0.15) is 92.9 Å². The summed E-state index contributed by atoms with van der Waals surface area (Å²) in [4.78, 5) is 12.2. The number of alkyl halides is 1. The Hall–Kier alpha value is -0.680. The van der Waals surface area contributed by atoms with Gasteiger partial charge in [-0.3, -0.25) is 9.18 Å². The van der Waals surface area contributed by atoms with Crippen LogP contribution in [0.3, 0.4) is 0 Å². The molecule has 214 valence electrons. The number of hydrogen-bond acceptors (Lipinski definition) is 4. The molecule has 37 heavy (non-hydrogen) atoms. The summed E-state index contributed by atoms with van der Waals surface area (Å²) < 4.78 is 31.0. The molecule has 0 aromatic heterocycles. The Morgan fingerprint density at radius 3 is 2.41 bits per heavy atom. The molecule has 0 aliphatic heterocycles. The third-order valence-corrected chi connectivity index (χ3v) is 12.7. The highest BCUT2D eigenvalue weighted by Crippen LogP contribution is 2.71. The van der Waals surface area contributed by atoms with E-state index in [2.05, 4.69) is 41.5 Å². The van der Waals surface area contributed by atoms with Gasteiger partial charge >= 0.3 is 5.97 Å². The first-order valence-corrected chi connectivity index (χ1v) is 15.3. The molecule has 0 saturated heterocycles. The molecule has 4 aliphatic carbocycles. The lowest BCUT2D eigenvalue weighted by atomic mass is 9.39. The Labute approximate surface area is 226 Å². The van der Waals surface area contributed by atoms with E-state index in [0.29, 0.717) is 54.1 Å².